The van der Waals surface area contributed by atoms with Gasteiger partial charge in [0.1, 0.15) is 11.8 Å². The molecule has 1 aliphatic rings. The average molecular weight is 451 g/mol. The van der Waals surface area contributed by atoms with E-state index in [4.69, 9.17) is 4.42 Å². The summed E-state index contributed by atoms with van der Waals surface area (Å²) in [7, 11) is 0. The molecule has 2 aromatic rings. The predicted octanol–water partition coefficient (Wildman–Crippen LogP) is 3.58. The van der Waals surface area contributed by atoms with E-state index in [1.54, 1.807) is 18.2 Å². The highest BCUT2D eigenvalue weighted by Gasteiger charge is 2.33. The van der Waals surface area contributed by atoms with Crippen LogP contribution in [0.1, 0.15) is 50.5 Å². The molecule has 1 fully saturated rings. The third kappa shape index (κ3) is 6.12. The Hall–Kier alpha value is -3.81. The summed E-state index contributed by atoms with van der Waals surface area (Å²) < 4.78 is 5.18. The Bertz CT molecular complexity index is 1060. The molecule has 33 heavy (non-hydrogen) atoms. The van der Waals surface area contributed by atoms with Gasteiger partial charge in [-0.2, -0.15) is 0 Å². The Labute approximate surface area is 193 Å². The molecule has 1 aromatic carbocycles. The van der Waals surface area contributed by atoms with Crippen molar-refractivity contribution in [3.8, 4) is 0 Å². The van der Waals surface area contributed by atoms with Crippen molar-refractivity contribution < 1.29 is 18.8 Å². The van der Waals surface area contributed by atoms with Gasteiger partial charge in [0.2, 0.25) is 5.91 Å². The average Bonchev–Trinajstić information content (AvgIpc) is 3.48. The van der Waals surface area contributed by atoms with Gasteiger partial charge in [-0.15, -0.1) is 0 Å². The molecule has 0 bridgehead atoms. The van der Waals surface area contributed by atoms with Crippen molar-refractivity contribution in [1.29, 1.82) is 0 Å². The Morgan fingerprint density at radius 1 is 1.18 bits per heavy atom. The monoisotopic (exact) mass is 450 g/mol. The lowest BCUT2D eigenvalue weighted by atomic mass is 9.92. The summed E-state index contributed by atoms with van der Waals surface area (Å²) in [5.74, 6) is -0.171. The predicted molar refractivity (Wildman–Crippen MR) is 126 cm³/mol. The maximum Gasteiger partial charge on any atom is 0.334 e. The molecule has 0 spiro atoms. The lowest BCUT2D eigenvalue weighted by Crippen LogP contribution is -2.56. The van der Waals surface area contributed by atoms with Crippen molar-refractivity contribution in [2.24, 2.45) is 0 Å². The van der Waals surface area contributed by atoms with Gasteiger partial charge < -0.3 is 14.6 Å². The van der Waals surface area contributed by atoms with Crippen LogP contribution in [0, 0.1) is 0 Å². The molecule has 1 aromatic heterocycles. The van der Waals surface area contributed by atoms with E-state index in [0.717, 1.165) is 16.7 Å². The third-order valence-corrected chi connectivity index (χ3v) is 5.57. The van der Waals surface area contributed by atoms with Crippen LogP contribution < -0.4 is 16.2 Å². The molecule has 174 valence electrons. The van der Waals surface area contributed by atoms with Gasteiger partial charge in [0.25, 0.3) is 5.91 Å². The number of hydrogen-bond acceptors (Lipinski definition) is 4. The smallest absolute Gasteiger partial charge is 0.334 e. The number of furan rings is 1. The fraction of sp³-hybridized carbons (Fsp3) is 0.320. The van der Waals surface area contributed by atoms with Crippen molar-refractivity contribution in [3.63, 3.8) is 0 Å². The van der Waals surface area contributed by atoms with Crippen molar-refractivity contribution in [2.45, 2.75) is 45.2 Å². The molecule has 1 unspecified atom stereocenters. The number of hydrogen-bond donors (Lipinski definition) is 3. The quantitative estimate of drug-likeness (QED) is 0.462. The minimum atomic E-state index is -0.688. The van der Waals surface area contributed by atoms with E-state index in [2.05, 4.69) is 22.7 Å². The minimum absolute atomic E-state index is 0.285. The van der Waals surface area contributed by atoms with Crippen LogP contribution in [0.3, 0.4) is 0 Å². The topological polar surface area (TPSA) is 104 Å². The van der Waals surface area contributed by atoms with E-state index in [9.17, 15) is 14.4 Å². The molecule has 0 radical (unpaired) electrons. The molecule has 0 aliphatic carbocycles. The Morgan fingerprint density at radius 3 is 2.67 bits per heavy atom. The van der Waals surface area contributed by atoms with Crippen LogP contribution in [0.2, 0.25) is 0 Å². The lowest BCUT2D eigenvalue weighted by Gasteiger charge is -2.28. The SMILES string of the molecule is C=C(C)c1cccc(C(C)(C)NC(=O)NNC(=O)C2CCCN2C(=O)C=Cc2ccco2)c1. The number of benzene rings is 1. The zero-order valence-corrected chi connectivity index (χ0v) is 19.2. The number of likely N-dealkylation sites (tertiary alicyclic amines) is 1. The number of nitrogens with one attached hydrogen (secondary N) is 3. The molecule has 2 heterocycles. The van der Waals surface area contributed by atoms with Gasteiger partial charge in [-0.25, -0.2) is 10.2 Å². The van der Waals surface area contributed by atoms with E-state index in [0.29, 0.717) is 25.1 Å². The molecule has 1 aliphatic heterocycles. The molecule has 3 N–H and O–H groups in total. The van der Waals surface area contributed by atoms with Crippen LogP contribution in [-0.2, 0) is 15.1 Å². The first-order chi connectivity index (χ1) is 15.7. The summed E-state index contributed by atoms with van der Waals surface area (Å²) in [5, 5.41) is 2.86. The number of nitrogens with zero attached hydrogens (tertiary/aromatic N) is 1. The van der Waals surface area contributed by atoms with Gasteiger partial charge in [0.05, 0.1) is 11.8 Å². The van der Waals surface area contributed by atoms with Gasteiger partial charge >= 0.3 is 6.03 Å². The van der Waals surface area contributed by atoms with Gasteiger partial charge in [0.15, 0.2) is 0 Å². The van der Waals surface area contributed by atoms with E-state index in [-0.39, 0.29) is 5.91 Å². The van der Waals surface area contributed by atoms with Crippen LogP contribution in [-0.4, -0.2) is 35.3 Å². The number of urea groups is 1. The standard InChI is InChI=1S/C25H30N4O4/c1-17(2)18-8-5-9-19(16-18)25(3,4)26-24(32)28-27-23(31)21-11-6-14-29(21)22(30)13-12-20-10-7-15-33-20/h5,7-10,12-13,15-16,21H,1,6,11,14H2,2-4H3,(H,27,31)(H2,26,28,32). The number of rotatable bonds is 6. The molecule has 3 rings (SSSR count). The maximum atomic E-state index is 12.7. The second-order valence-corrected chi connectivity index (χ2v) is 8.59. The zero-order chi connectivity index (χ0) is 24.0. The van der Waals surface area contributed by atoms with Crippen molar-refractivity contribution in [2.75, 3.05) is 6.54 Å². The van der Waals surface area contributed by atoms with Gasteiger partial charge in [-0.05, 0) is 69.0 Å². The summed E-state index contributed by atoms with van der Waals surface area (Å²) in [4.78, 5) is 39.1. The highest BCUT2D eigenvalue weighted by Crippen LogP contribution is 2.23. The summed E-state index contributed by atoms with van der Waals surface area (Å²) in [5.41, 5.74) is 6.96. The Morgan fingerprint density at radius 2 is 1.97 bits per heavy atom. The first kappa shape index (κ1) is 23.8. The van der Waals surface area contributed by atoms with Crippen molar-refractivity contribution >= 4 is 29.5 Å². The van der Waals surface area contributed by atoms with Crippen molar-refractivity contribution in [1.82, 2.24) is 21.1 Å². The number of hydrazine groups is 1. The molecule has 8 nitrogen and oxygen atoms in total. The molecule has 1 saturated heterocycles. The summed E-state index contributed by atoms with van der Waals surface area (Å²) in [6.07, 6.45) is 5.69. The van der Waals surface area contributed by atoms with E-state index < -0.39 is 23.5 Å². The number of allylic oxidation sites excluding steroid dienone is 1. The fourth-order valence-electron chi connectivity index (χ4n) is 3.70. The highest BCUT2D eigenvalue weighted by atomic mass is 16.3. The second kappa shape index (κ2) is 10.2. The van der Waals surface area contributed by atoms with E-state index >= 15 is 0 Å². The summed E-state index contributed by atoms with van der Waals surface area (Å²) in [6, 6.07) is 10.0. The second-order valence-electron chi connectivity index (χ2n) is 8.59. The highest BCUT2D eigenvalue weighted by molar-refractivity contribution is 5.96. The zero-order valence-electron chi connectivity index (χ0n) is 19.2. The van der Waals surface area contributed by atoms with Crippen LogP contribution in [0.25, 0.3) is 11.6 Å². The molecule has 4 amide bonds. The van der Waals surface area contributed by atoms with E-state index in [1.165, 1.54) is 17.2 Å². The summed E-state index contributed by atoms with van der Waals surface area (Å²) in [6.45, 7) is 10.1. The first-order valence-corrected chi connectivity index (χ1v) is 10.8. The van der Waals surface area contributed by atoms with Gasteiger partial charge in [0, 0.05) is 12.6 Å². The maximum absolute atomic E-state index is 12.7. The van der Waals surface area contributed by atoms with E-state index in [1.807, 2.05) is 45.0 Å². The van der Waals surface area contributed by atoms with Crippen LogP contribution in [0.5, 0.6) is 0 Å². The van der Waals surface area contributed by atoms with Crippen molar-refractivity contribution in [3.05, 3.63) is 72.2 Å². The lowest BCUT2D eigenvalue weighted by molar-refractivity contribution is -0.135. The number of carbonyl (C=O) groups excluding carboxylic acids is 3. The van der Waals surface area contributed by atoms with Crippen LogP contribution >= 0.6 is 0 Å². The molecular formula is C25H30N4O4. The normalized spacial score (nSPS) is 16.0. The van der Waals surface area contributed by atoms with Crippen LogP contribution in [0.15, 0.2) is 59.7 Å². The fourth-order valence-corrected chi connectivity index (χ4v) is 3.70. The Kier molecular flexibility index (Phi) is 7.37. The summed E-state index contributed by atoms with van der Waals surface area (Å²) >= 11 is 0. The number of carbonyl (C=O) groups is 3. The van der Waals surface area contributed by atoms with Gasteiger partial charge in [-0.1, -0.05) is 30.4 Å². The Balaban J connectivity index is 1.55. The number of amides is 4. The molecule has 1 atom stereocenters. The van der Waals surface area contributed by atoms with Crippen LogP contribution in [0.4, 0.5) is 4.79 Å². The molecular weight excluding hydrogens is 420 g/mol. The first-order valence-electron chi connectivity index (χ1n) is 10.8. The molecule has 0 saturated carbocycles. The minimum Gasteiger partial charge on any atom is -0.465 e. The third-order valence-electron chi connectivity index (χ3n) is 5.57. The largest absolute Gasteiger partial charge is 0.465 e. The molecule has 8 heteroatoms. The van der Waals surface area contributed by atoms with Gasteiger partial charge in [-0.3, -0.25) is 15.0 Å².